The number of carbonyl (C=O) groups excluding carboxylic acids is 1. The number of aryl methyl sites for hydroxylation is 1. The van der Waals surface area contributed by atoms with Crippen molar-refractivity contribution in [3.05, 3.63) is 29.8 Å². The van der Waals surface area contributed by atoms with E-state index in [2.05, 4.69) is 10.2 Å². The van der Waals surface area contributed by atoms with Crippen LogP contribution in [-0.4, -0.2) is 53.7 Å². The molecule has 0 aliphatic heterocycles. The van der Waals surface area contributed by atoms with Gasteiger partial charge in [-0.05, 0) is 50.7 Å². The predicted molar refractivity (Wildman–Crippen MR) is 93.6 cm³/mol. The van der Waals surface area contributed by atoms with E-state index in [1.807, 2.05) is 31.2 Å². The summed E-state index contributed by atoms with van der Waals surface area (Å²) in [6.45, 7) is 2.97. The molecule has 2 fully saturated rings. The van der Waals surface area contributed by atoms with Crippen LogP contribution in [-0.2, 0) is 9.59 Å². The summed E-state index contributed by atoms with van der Waals surface area (Å²) >= 11 is 0. The van der Waals surface area contributed by atoms with Crippen molar-refractivity contribution in [3.63, 3.8) is 0 Å². The number of hydrogen-bond donors (Lipinski definition) is 2. The van der Waals surface area contributed by atoms with Gasteiger partial charge in [0.2, 0.25) is 0 Å². The number of carboxylic acid groups (broad SMARTS) is 1. The summed E-state index contributed by atoms with van der Waals surface area (Å²) in [5.74, 6) is 0.441. The summed E-state index contributed by atoms with van der Waals surface area (Å²) in [5, 5.41) is 12.0. The lowest BCUT2D eigenvalue weighted by molar-refractivity contribution is -0.140. The molecule has 2 aliphatic carbocycles. The highest BCUT2D eigenvalue weighted by Gasteiger charge is 2.37. The zero-order valence-electron chi connectivity index (χ0n) is 14.6. The highest BCUT2D eigenvalue weighted by Crippen LogP contribution is 2.33. The van der Waals surface area contributed by atoms with Crippen LogP contribution in [0.3, 0.4) is 0 Å². The average Bonchev–Trinajstić information content (AvgIpc) is 3.33. The third-order valence-corrected chi connectivity index (χ3v) is 4.91. The number of amides is 1. The maximum Gasteiger partial charge on any atom is 0.317 e. The van der Waals surface area contributed by atoms with E-state index < -0.39 is 5.97 Å². The number of benzene rings is 1. The first-order chi connectivity index (χ1) is 12.0. The number of carboxylic acids is 1. The van der Waals surface area contributed by atoms with E-state index in [0.29, 0.717) is 11.7 Å². The van der Waals surface area contributed by atoms with Gasteiger partial charge in [0.05, 0.1) is 6.54 Å². The SMILES string of the molecule is Cc1ccc(OCC(=O)NC2CC(N(CC(=O)O)CC3CC3)C2)cc1. The van der Waals surface area contributed by atoms with Crippen LogP contribution in [0, 0.1) is 12.8 Å². The third kappa shape index (κ3) is 5.46. The van der Waals surface area contributed by atoms with E-state index in [1.165, 1.54) is 12.8 Å². The summed E-state index contributed by atoms with van der Waals surface area (Å²) < 4.78 is 5.48. The fourth-order valence-corrected chi connectivity index (χ4v) is 3.21. The van der Waals surface area contributed by atoms with Crippen LogP contribution in [0.4, 0.5) is 0 Å². The first-order valence-electron chi connectivity index (χ1n) is 8.94. The number of rotatable bonds is 9. The van der Waals surface area contributed by atoms with E-state index in [9.17, 15) is 9.59 Å². The average molecular weight is 346 g/mol. The van der Waals surface area contributed by atoms with Crippen molar-refractivity contribution >= 4 is 11.9 Å². The van der Waals surface area contributed by atoms with Crippen LogP contribution >= 0.6 is 0 Å². The number of nitrogens with one attached hydrogen (secondary N) is 1. The first-order valence-corrected chi connectivity index (χ1v) is 8.94. The zero-order valence-corrected chi connectivity index (χ0v) is 14.6. The van der Waals surface area contributed by atoms with Gasteiger partial charge in [0.1, 0.15) is 5.75 Å². The van der Waals surface area contributed by atoms with Crippen molar-refractivity contribution in [2.75, 3.05) is 19.7 Å². The Balaban J connectivity index is 1.37. The van der Waals surface area contributed by atoms with Gasteiger partial charge < -0.3 is 15.2 Å². The Hall–Kier alpha value is -2.08. The van der Waals surface area contributed by atoms with Gasteiger partial charge in [-0.3, -0.25) is 14.5 Å². The van der Waals surface area contributed by atoms with Crippen LogP contribution in [0.25, 0.3) is 0 Å². The van der Waals surface area contributed by atoms with Crippen molar-refractivity contribution in [1.29, 1.82) is 0 Å². The molecule has 0 bridgehead atoms. The summed E-state index contributed by atoms with van der Waals surface area (Å²) in [7, 11) is 0. The van der Waals surface area contributed by atoms with Crippen LogP contribution in [0.15, 0.2) is 24.3 Å². The Morgan fingerprint density at radius 3 is 2.52 bits per heavy atom. The number of ether oxygens (including phenoxy) is 1. The lowest BCUT2D eigenvalue weighted by Gasteiger charge is -2.42. The van der Waals surface area contributed by atoms with Gasteiger partial charge in [-0.15, -0.1) is 0 Å². The lowest BCUT2D eigenvalue weighted by atomic mass is 9.85. The second-order valence-corrected chi connectivity index (χ2v) is 7.26. The van der Waals surface area contributed by atoms with E-state index in [1.54, 1.807) is 0 Å². The summed E-state index contributed by atoms with van der Waals surface area (Å²) in [6.07, 6.45) is 4.05. The molecular formula is C19H26N2O4. The molecule has 0 aromatic heterocycles. The first kappa shape index (κ1) is 17.7. The van der Waals surface area contributed by atoms with Gasteiger partial charge in [0.15, 0.2) is 6.61 Å². The summed E-state index contributed by atoms with van der Waals surface area (Å²) in [5.41, 5.74) is 1.15. The van der Waals surface area contributed by atoms with Crippen molar-refractivity contribution in [3.8, 4) is 5.75 Å². The molecule has 2 N–H and O–H groups in total. The van der Waals surface area contributed by atoms with Crippen molar-refractivity contribution in [1.82, 2.24) is 10.2 Å². The lowest BCUT2D eigenvalue weighted by Crippen LogP contribution is -2.55. The molecule has 136 valence electrons. The molecule has 6 nitrogen and oxygen atoms in total. The van der Waals surface area contributed by atoms with E-state index >= 15 is 0 Å². The van der Waals surface area contributed by atoms with Crippen LogP contribution in [0.2, 0.25) is 0 Å². The third-order valence-electron chi connectivity index (χ3n) is 4.91. The molecule has 6 heteroatoms. The zero-order chi connectivity index (χ0) is 17.8. The molecule has 25 heavy (non-hydrogen) atoms. The Bertz CT molecular complexity index is 606. The van der Waals surface area contributed by atoms with E-state index in [-0.39, 0.29) is 31.1 Å². The standard InChI is InChI=1S/C19H26N2O4/c1-13-2-6-17(7-3-13)25-12-18(22)20-15-8-16(9-15)21(11-19(23)24)10-14-4-5-14/h2-3,6-7,14-16H,4-5,8-12H2,1H3,(H,20,22)(H,23,24). The molecule has 1 amide bonds. The van der Waals surface area contributed by atoms with Gasteiger partial charge in [-0.25, -0.2) is 0 Å². The minimum Gasteiger partial charge on any atom is -0.484 e. The topological polar surface area (TPSA) is 78.9 Å². The molecule has 2 saturated carbocycles. The van der Waals surface area contributed by atoms with Crippen molar-refractivity contribution in [2.45, 2.75) is 44.7 Å². The van der Waals surface area contributed by atoms with Gasteiger partial charge in [0, 0.05) is 18.6 Å². The maximum absolute atomic E-state index is 12.0. The molecule has 0 unspecified atom stereocenters. The number of aliphatic carboxylic acids is 1. The second kappa shape index (κ2) is 7.87. The van der Waals surface area contributed by atoms with Gasteiger partial charge in [-0.1, -0.05) is 17.7 Å². The molecular weight excluding hydrogens is 320 g/mol. The molecule has 1 aromatic carbocycles. The Labute approximate surface area is 148 Å². The largest absolute Gasteiger partial charge is 0.484 e. The smallest absolute Gasteiger partial charge is 0.317 e. The quantitative estimate of drug-likeness (QED) is 0.713. The molecule has 0 atom stereocenters. The molecule has 0 heterocycles. The molecule has 3 rings (SSSR count). The molecule has 0 radical (unpaired) electrons. The monoisotopic (exact) mass is 346 g/mol. The van der Waals surface area contributed by atoms with Crippen molar-refractivity contribution < 1.29 is 19.4 Å². The second-order valence-electron chi connectivity index (χ2n) is 7.26. The highest BCUT2D eigenvalue weighted by molar-refractivity contribution is 5.78. The Kier molecular flexibility index (Phi) is 5.58. The normalized spacial score (nSPS) is 22.3. The Morgan fingerprint density at radius 1 is 1.24 bits per heavy atom. The van der Waals surface area contributed by atoms with E-state index in [0.717, 1.165) is 24.9 Å². The summed E-state index contributed by atoms with van der Waals surface area (Å²) in [4.78, 5) is 25.1. The Morgan fingerprint density at radius 2 is 1.92 bits per heavy atom. The predicted octanol–water partition coefficient (Wildman–Crippen LogP) is 1.82. The minimum absolute atomic E-state index is 0.00510. The van der Waals surface area contributed by atoms with Crippen molar-refractivity contribution in [2.24, 2.45) is 5.92 Å². The molecule has 0 spiro atoms. The fraction of sp³-hybridized carbons (Fsp3) is 0.579. The minimum atomic E-state index is -0.778. The highest BCUT2D eigenvalue weighted by atomic mass is 16.5. The molecule has 2 aliphatic rings. The van der Waals surface area contributed by atoms with Crippen LogP contribution in [0.5, 0.6) is 5.75 Å². The number of carbonyl (C=O) groups is 2. The maximum atomic E-state index is 12.0. The fourth-order valence-electron chi connectivity index (χ4n) is 3.21. The van der Waals surface area contributed by atoms with E-state index in [4.69, 9.17) is 9.84 Å². The van der Waals surface area contributed by atoms with Gasteiger partial charge in [0.25, 0.3) is 5.91 Å². The summed E-state index contributed by atoms with van der Waals surface area (Å²) in [6, 6.07) is 7.98. The van der Waals surface area contributed by atoms with Crippen LogP contribution < -0.4 is 10.1 Å². The van der Waals surface area contributed by atoms with Gasteiger partial charge in [-0.2, -0.15) is 0 Å². The number of hydrogen-bond acceptors (Lipinski definition) is 4. The molecule has 1 aromatic rings. The van der Waals surface area contributed by atoms with Crippen LogP contribution in [0.1, 0.15) is 31.2 Å². The number of nitrogens with zero attached hydrogens (tertiary/aromatic N) is 1. The molecule has 0 saturated heterocycles. The van der Waals surface area contributed by atoms with Gasteiger partial charge >= 0.3 is 5.97 Å².